The Kier molecular flexibility index (Phi) is 8.25. The Morgan fingerprint density at radius 1 is 0.329 bits per heavy atom. The van der Waals surface area contributed by atoms with Gasteiger partial charge >= 0.3 is 0 Å². The van der Waals surface area contributed by atoms with E-state index < -0.39 is 10.8 Å². The molecule has 0 radical (unpaired) electrons. The van der Waals surface area contributed by atoms with Crippen molar-refractivity contribution < 1.29 is 0 Å². The monoisotopic (exact) mass is 898 g/mol. The van der Waals surface area contributed by atoms with Crippen LogP contribution in [0.1, 0.15) is 62.8 Å². The molecule has 0 spiro atoms. The van der Waals surface area contributed by atoms with Crippen LogP contribution in [-0.2, 0) is 10.8 Å². The third-order valence-electron chi connectivity index (χ3n) is 15.8. The van der Waals surface area contributed by atoms with Gasteiger partial charge in [-0.25, -0.2) is 0 Å². The highest BCUT2D eigenvalue weighted by Crippen LogP contribution is 2.54. The molecule has 4 aromatic heterocycles. The molecule has 14 rings (SSSR count). The van der Waals surface area contributed by atoms with Gasteiger partial charge < -0.3 is 18.3 Å². The van der Waals surface area contributed by atoms with Gasteiger partial charge in [0.1, 0.15) is 12.1 Å². The summed E-state index contributed by atoms with van der Waals surface area (Å²) in [6, 6.07) is 70.8. The number of nitriles is 2. The number of nitrogens with zero attached hydrogens (tertiary/aromatic N) is 6. The molecule has 0 aliphatic heterocycles. The van der Waals surface area contributed by atoms with Crippen LogP contribution < -0.4 is 0 Å². The van der Waals surface area contributed by atoms with Crippen molar-refractivity contribution >= 4 is 87.2 Å². The Bertz CT molecular complexity index is 4190. The van der Waals surface area contributed by atoms with E-state index in [1.807, 2.05) is 0 Å². The van der Waals surface area contributed by atoms with Gasteiger partial charge in [0.15, 0.2) is 0 Å². The van der Waals surface area contributed by atoms with Crippen molar-refractivity contribution in [2.24, 2.45) is 0 Å². The van der Waals surface area contributed by atoms with Crippen LogP contribution in [0.2, 0.25) is 0 Å². The quantitative estimate of drug-likeness (QED) is 0.177. The zero-order chi connectivity index (χ0) is 47.2. The maximum absolute atomic E-state index is 12.3. The van der Waals surface area contributed by atoms with Gasteiger partial charge in [-0.3, -0.25) is 0 Å². The second kappa shape index (κ2) is 14.3. The van der Waals surface area contributed by atoms with Crippen molar-refractivity contribution in [2.45, 2.75) is 51.4 Å². The fraction of sp³-hybridized carbons (Fsp3) is 0.125. The first kappa shape index (κ1) is 40.2. The Morgan fingerprint density at radius 3 is 0.914 bits per heavy atom. The average molecular weight is 899 g/mol. The molecule has 0 unspecified atom stereocenters. The average Bonchev–Trinajstić information content (AvgIpc) is 4.12. The van der Waals surface area contributed by atoms with Crippen LogP contribution in [0, 0.1) is 22.7 Å². The third kappa shape index (κ3) is 5.20. The number of para-hydroxylation sites is 6. The molecule has 13 aromatic rings. The van der Waals surface area contributed by atoms with Crippen LogP contribution >= 0.6 is 0 Å². The topological polar surface area (TPSA) is 67.3 Å². The molecule has 0 amide bonds. The van der Waals surface area contributed by atoms with Crippen LogP contribution in [0.15, 0.2) is 182 Å². The Hall–Kier alpha value is -8.84. The summed E-state index contributed by atoms with van der Waals surface area (Å²) in [5.41, 5.74) is 14.0. The second-order valence-electron chi connectivity index (χ2n) is 20.5. The van der Waals surface area contributed by atoms with E-state index in [2.05, 4.69) is 240 Å². The van der Waals surface area contributed by atoms with Crippen LogP contribution in [0.25, 0.3) is 110 Å². The lowest BCUT2D eigenvalue weighted by molar-refractivity contribution is 0.330. The van der Waals surface area contributed by atoms with E-state index in [-0.39, 0.29) is 0 Å². The largest absolute Gasteiger partial charge is 0.307 e. The lowest BCUT2D eigenvalue weighted by Gasteiger charge is -2.44. The number of hydrogen-bond acceptors (Lipinski definition) is 2. The normalized spacial score (nSPS) is 14.4. The smallest absolute Gasteiger partial charge is 0.102 e. The number of benzene rings is 9. The molecule has 6 nitrogen and oxygen atoms in total. The van der Waals surface area contributed by atoms with Crippen LogP contribution in [-0.4, -0.2) is 18.3 Å². The zero-order valence-electron chi connectivity index (χ0n) is 39.4. The highest BCUT2D eigenvalue weighted by atomic mass is 15.1. The predicted molar refractivity (Wildman–Crippen MR) is 289 cm³/mol. The van der Waals surface area contributed by atoms with Crippen molar-refractivity contribution in [3.8, 4) is 34.9 Å². The van der Waals surface area contributed by atoms with Gasteiger partial charge in [-0.2, -0.15) is 10.5 Å². The van der Waals surface area contributed by atoms with E-state index in [9.17, 15) is 10.5 Å². The van der Waals surface area contributed by atoms with E-state index >= 15 is 0 Å². The van der Waals surface area contributed by atoms with Crippen molar-refractivity contribution in [2.75, 3.05) is 0 Å². The summed E-state index contributed by atoms with van der Waals surface area (Å²) in [5.74, 6) is 0. The minimum atomic E-state index is -0.421. The summed E-state index contributed by atoms with van der Waals surface area (Å²) >= 11 is 0. The fourth-order valence-electron chi connectivity index (χ4n) is 12.8. The van der Waals surface area contributed by atoms with Crippen molar-refractivity contribution in [3.63, 3.8) is 0 Å². The molecule has 0 bridgehead atoms. The summed E-state index contributed by atoms with van der Waals surface area (Å²) in [6.45, 7) is 9.08. The van der Waals surface area contributed by atoms with Crippen LogP contribution in [0.3, 0.4) is 0 Å². The van der Waals surface area contributed by atoms with Crippen LogP contribution in [0.5, 0.6) is 0 Å². The zero-order valence-corrected chi connectivity index (χ0v) is 39.4. The Morgan fingerprint density at radius 2 is 0.600 bits per heavy atom. The first-order chi connectivity index (χ1) is 34.2. The van der Waals surface area contributed by atoms with E-state index in [4.69, 9.17) is 0 Å². The van der Waals surface area contributed by atoms with Gasteiger partial charge in [0.2, 0.25) is 0 Å². The number of fused-ring (bicyclic) bond motifs is 15. The number of rotatable bonds is 4. The third-order valence-corrected chi connectivity index (χ3v) is 15.8. The minimum absolute atomic E-state index is 0.421. The number of aromatic nitrogens is 4. The Balaban J connectivity index is 1.30. The molecule has 9 aromatic carbocycles. The van der Waals surface area contributed by atoms with E-state index in [0.717, 1.165) is 123 Å². The van der Waals surface area contributed by atoms with Gasteiger partial charge in [-0.1, -0.05) is 161 Å². The van der Waals surface area contributed by atoms with Crippen LogP contribution in [0.4, 0.5) is 0 Å². The van der Waals surface area contributed by atoms with Crippen molar-refractivity contribution in [3.05, 3.63) is 204 Å². The van der Waals surface area contributed by atoms with Gasteiger partial charge in [0.05, 0.1) is 66.6 Å². The first-order valence-electron chi connectivity index (χ1n) is 24.3. The molecule has 1 aliphatic carbocycles. The maximum Gasteiger partial charge on any atom is 0.102 e. The fourth-order valence-corrected chi connectivity index (χ4v) is 12.8. The lowest BCUT2D eigenvalue weighted by atomic mass is 9.60. The summed E-state index contributed by atoms with van der Waals surface area (Å²) in [6.07, 6.45) is 1.75. The molecule has 70 heavy (non-hydrogen) atoms. The molecule has 0 saturated carbocycles. The highest BCUT2D eigenvalue weighted by Gasteiger charge is 2.44. The Labute approximate surface area is 404 Å². The molecule has 1 aliphatic rings. The predicted octanol–water partition coefficient (Wildman–Crippen LogP) is 16.2. The SMILES string of the molecule is CC1(C)CCC(C)(C)c2c(C#N)c(-n3c4ccccc4c4ccc5c6ccccc6n(-c6ccccc6)c5c43)c(-n3c4ccccc4c4ccc5c6ccccc6n(-c6ccccc6)c5c43)c(C#N)c21. The van der Waals surface area contributed by atoms with Gasteiger partial charge in [0.25, 0.3) is 0 Å². The minimum Gasteiger partial charge on any atom is -0.307 e. The molecule has 0 fully saturated rings. The van der Waals surface area contributed by atoms with Crippen molar-refractivity contribution in [1.82, 2.24) is 18.3 Å². The van der Waals surface area contributed by atoms with Gasteiger partial charge in [0, 0.05) is 54.5 Å². The molecule has 332 valence electrons. The number of hydrogen-bond donors (Lipinski definition) is 0. The van der Waals surface area contributed by atoms with E-state index in [0.29, 0.717) is 22.5 Å². The molecular formula is C64H46N6. The maximum atomic E-state index is 12.3. The summed E-state index contributed by atoms with van der Waals surface area (Å²) in [5, 5.41) is 33.4. The van der Waals surface area contributed by atoms with E-state index in [1.165, 1.54) is 0 Å². The molecule has 6 heteroatoms. The van der Waals surface area contributed by atoms with E-state index in [1.54, 1.807) is 0 Å². The van der Waals surface area contributed by atoms with Gasteiger partial charge in [-0.15, -0.1) is 0 Å². The second-order valence-corrected chi connectivity index (χ2v) is 20.5. The molecule has 0 atom stereocenters. The molecule has 0 N–H and O–H groups in total. The summed E-state index contributed by atoms with van der Waals surface area (Å²) in [4.78, 5) is 0. The summed E-state index contributed by atoms with van der Waals surface area (Å²) in [7, 11) is 0. The molecular weight excluding hydrogens is 853 g/mol. The molecule has 4 heterocycles. The molecule has 0 saturated heterocycles. The van der Waals surface area contributed by atoms with Crippen molar-refractivity contribution in [1.29, 1.82) is 10.5 Å². The van der Waals surface area contributed by atoms with Gasteiger partial charge in [-0.05, 0) is 83.3 Å². The standard InChI is InChI=1S/C64H46N6/c1-63(2)35-36-64(3,4)56-50(38-66)62(70-54-30-18-14-26-44(54)48-34-32-46-42-24-12-16-28-52(42)68(58(46)60(48)70)40-21-9-6-10-22-40)61(49(37-65)55(56)63)69-53-29-17-13-25-43(53)47-33-31-45-41-23-11-15-27-51(41)67(57(45)59(47)69)39-19-7-5-8-20-39/h5-34H,35-36H2,1-4H3. The summed E-state index contributed by atoms with van der Waals surface area (Å²) < 4.78 is 9.55. The lowest BCUT2D eigenvalue weighted by Crippen LogP contribution is -2.37. The highest BCUT2D eigenvalue weighted by molar-refractivity contribution is 6.26. The first-order valence-corrected chi connectivity index (χ1v) is 24.3.